The average molecular weight is 586 g/mol. The van der Waals surface area contributed by atoms with Gasteiger partial charge in [0.2, 0.25) is 0 Å². The first-order valence-corrected chi connectivity index (χ1v) is 11.8. The van der Waals surface area contributed by atoms with Crippen LogP contribution >= 0.6 is 0 Å². The molecule has 0 radical (unpaired) electrons. The van der Waals surface area contributed by atoms with E-state index in [0.29, 0.717) is 6.07 Å². The number of halogens is 6. The van der Waals surface area contributed by atoms with Gasteiger partial charge in [-0.3, -0.25) is 14.6 Å². The van der Waals surface area contributed by atoms with Crippen LogP contribution in [0.5, 0.6) is 23.0 Å². The third-order valence-electron chi connectivity index (χ3n) is 5.25. The lowest BCUT2D eigenvalue weighted by atomic mass is 10.0. The predicted molar refractivity (Wildman–Crippen MR) is 135 cm³/mol. The fraction of sp³-hybridized carbons (Fsp3) is 0.269. The maximum Gasteiger partial charge on any atom is 0.573 e. The number of ether oxygens (including phenoxy) is 3. The highest BCUT2D eigenvalue weighted by Crippen LogP contribution is 2.43. The van der Waals surface area contributed by atoms with Crippen LogP contribution in [-0.2, 0) is 6.18 Å². The molecule has 1 heterocycles. The summed E-state index contributed by atoms with van der Waals surface area (Å²) in [6.07, 6.45) is -8.73. The Morgan fingerprint density at radius 3 is 2.24 bits per heavy atom. The average Bonchev–Trinajstić information content (AvgIpc) is 2.86. The zero-order valence-corrected chi connectivity index (χ0v) is 21.7. The van der Waals surface area contributed by atoms with Gasteiger partial charge in [-0.25, -0.2) is 0 Å². The van der Waals surface area contributed by atoms with Gasteiger partial charge in [0.15, 0.2) is 11.5 Å². The highest BCUT2D eigenvalue weighted by atomic mass is 19.4. The number of nitrogens with one attached hydrogen (secondary N) is 2. The zero-order valence-electron chi connectivity index (χ0n) is 21.7. The predicted octanol–water partition coefficient (Wildman–Crippen LogP) is 6.22. The maximum atomic E-state index is 14.0. The van der Waals surface area contributed by atoms with Gasteiger partial charge in [-0.2, -0.15) is 13.2 Å². The van der Waals surface area contributed by atoms with E-state index in [1.807, 2.05) is 0 Å². The zero-order chi connectivity index (χ0) is 30.5. The summed E-state index contributed by atoms with van der Waals surface area (Å²) >= 11 is 0. The van der Waals surface area contributed by atoms with E-state index < -0.39 is 52.7 Å². The van der Waals surface area contributed by atoms with E-state index in [1.54, 1.807) is 13.8 Å². The van der Waals surface area contributed by atoms with Crippen LogP contribution in [0.3, 0.4) is 0 Å². The number of methoxy groups -OCH3 is 1. The summed E-state index contributed by atoms with van der Waals surface area (Å²) in [6, 6.07) is 6.77. The molecule has 3 aromatic rings. The van der Waals surface area contributed by atoms with Gasteiger partial charge in [0.25, 0.3) is 11.8 Å². The van der Waals surface area contributed by atoms with Crippen LogP contribution in [0.15, 0.2) is 48.7 Å². The van der Waals surface area contributed by atoms with Crippen molar-refractivity contribution in [2.24, 2.45) is 11.7 Å². The third kappa shape index (κ3) is 8.16. The summed E-state index contributed by atoms with van der Waals surface area (Å²) < 4.78 is 94.8. The number of aromatic nitrogens is 1. The lowest BCUT2D eigenvalue weighted by Gasteiger charge is -2.22. The largest absolute Gasteiger partial charge is 0.573 e. The molecule has 4 N–H and O–H groups in total. The number of nitrogens with zero attached hydrogens (tertiary/aromatic N) is 1. The number of amides is 2. The molecule has 0 unspecified atom stereocenters. The molecule has 0 spiro atoms. The van der Waals surface area contributed by atoms with Crippen molar-refractivity contribution < 1.29 is 50.1 Å². The minimum Gasteiger partial charge on any atom is -0.493 e. The first kappa shape index (κ1) is 30.8. The SMILES string of the molecule is COc1cc(OC(F)(F)F)ccc1Oc1ccc(C(F)(F)F)c(NCC(C)C)c1C(=O)Nc1ccnc(C(N)=O)c1. The van der Waals surface area contributed by atoms with Crippen molar-refractivity contribution in [3.05, 3.63) is 65.5 Å². The van der Waals surface area contributed by atoms with Crippen LogP contribution < -0.4 is 30.6 Å². The van der Waals surface area contributed by atoms with Crippen LogP contribution in [0, 0.1) is 5.92 Å². The summed E-state index contributed by atoms with van der Waals surface area (Å²) in [5, 5.41) is 5.05. The second kappa shape index (κ2) is 12.2. The lowest BCUT2D eigenvalue weighted by Crippen LogP contribution is -2.22. The van der Waals surface area contributed by atoms with Crippen LogP contribution in [0.2, 0.25) is 0 Å². The Morgan fingerprint density at radius 2 is 1.66 bits per heavy atom. The molecule has 9 nitrogen and oxygen atoms in total. The molecule has 0 bridgehead atoms. The maximum absolute atomic E-state index is 14.0. The first-order chi connectivity index (χ1) is 19.1. The van der Waals surface area contributed by atoms with Crippen molar-refractivity contribution in [1.29, 1.82) is 0 Å². The normalized spacial score (nSPS) is 11.7. The molecule has 2 aromatic carbocycles. The Hall–Kier alpha value is -4.69. The number of pyridine rings is 1. The van der Waals surface area contributed by atoms with Gasteiger partial charge in [-0.05, 0) is 42.3 Å². The molecule has 2 amide bonds. The second-order valence-electron chi connectivity index (χ2n) is 8.84. The second-order valence-corrected chi connectivity index (χ2v) is 8.84. The van der Waals surface area contributed by atoms with Gasteiger partial charge in [-0.1, -0.05) is 13.8 Å². The minimum absolute atomic E-state index is 0.0109. The molecular weight excluding hydrogens is 562 g/mol. The number of alkyl halides is 6. The minimum atomic E-state index is -5.00. The molecule has 1 aromatic heterocycles. The highest BCUT2D eigenvalue weighted by molar-refractivity contribution is 6.11. The summed E-state index contributed by atoms with van der Waals surface area (Å²) in [6.45, 7) is 3.50. The number of benzene rings is 2. The van der Waals surface area contributed by atoms with Crippen LogP contribution in [-0.4, -0.2) is 36.8 Å². The number of hydrogen-bond acceptors (Lipinski definition) is 7. The number of anilines is 2. The van der Waals surface area contributed by atoms with E-state index in [0.717, 1.165) is 43.6 Å². The van der Waals surface area contributed by atoms with Crippen molar-refractivity contribution in [1.82, 2.24) is 4.98 Å². The van der Waals surface area contributed by atoms with E-state index in [-0.39, 0.29) is 35.3 Å². The Morgan fingerprint density at radius 1 is 0.976 bits per heavy atom. The summed E-state index contributed by atoms with van der Waals surface area (Å²) in [4.78, 5) is 28.7. The molecule has 0 atom stereocenters. The number of carbonyl (C=O) groups is 2. The lowest BCUT2D eigenvalue weighted by molar-refractivity contribution is -0.274. The van der Waals surface area contributed by atoms with Gasteiger partial charge in [-0.15, -0.1) is 13.2 Å². The van der Waals surface area contributed by atoms with Crippen LogP contribution in [0.25, 0.3) is 0 Å². The van der Waals surface area contributed by atoms with Crippen molar-refractivity contribution in [2.75, 3.05) is 24.3 Å². The topological polar surface area (TPSA) is 125 Å². The van der Waals surface area contributed by atoms with Crippen LogP contribution in [0.1, 0.15) is 40.3 Å². The van der Waals surface area contributed by atoms with Crippen molar-refractivity contribution in [3.63, 3.8) is 0 Å². The van der Waals surface area contributed by atoms with Gasteiger partial charge in [0.05, 0.1) is 18.4 Å². The Labute approximate surface area is 229 Å². The summed E-state index contributed by atoms with van der Waals surface area (Å²) in [7, 11) is 1.12. The van der Waals surface area contributed by atoms with Crippen LogP contribution in [0.4, 0.5) is 37.7 Å². The number of carbonyl (C=O) groups excluding carboxylic acids is 2. The molecule has 0 saturated carbocycles. The van der Waals surface area contributed by atoms with E-state index in [2.05, 4.69) is 20.4 Å². The molecule has 0 aliphatic rings. The molecule has 0 fully saturated rings. The standard InChI is InChI=1S/C26H24F6N4O5/c1-13(2)12-35-22-16(25(27,28)29)5-7-19(21(22)24(38)36-14-8-9-34-17(10-14)23(33)37)40-18-6-4-15(11-20(18)39-3)41-26(30,31)32/h4-11,13,35H,12H2,1-3H3,(H2,33,37)(H,34,36,38). The molecule has 0 saturated heterocycles. The molecule has 0 aliphatic carbocycles. The number of hydrogen-bond donors (Lipinski definition) is 3. The molecule has 15 heteroatoms. The van der Waals surface area contributed by atoms with Crippen molar-refractivity contribution in [3.8, 4) is 23.0 Å². The molecular formula is C26H24F6N4O5. The fourth-order valence-electron chi connectivity index (χ4n) is 3.50. The Balaban J connectivity index is 2.16. The third-order valence-corrected chi connectivity index (χ3v) is 5.25. The number of rotatable bonds is 10. The Kier molecular flexibility index (Phi) is 9.20. The summed E-state index contributed by atoms with van der Waals surface area (Å²) in [5.41, 5.74) is 2.61. The molecule has 220 valence electrons. The smallest absolute Gasteiger partial charge is 0.493 e. The van der Waals surface area contributed by atoms with Gasteiger partial charge < -0.3 is 30.6 Å². The number of nitrogens with two attached hydrogens (primary N) is 1. The summed E-state index contributed by atoms with van der Waals surface area (Å²) in [5.74, 6) is -3.66. The first-order valence-electron chi connectivity index (χ1n) is 11.8. The molecule has 0 aliphatic heterocycles. The highest BCUT2D eigenvalue weighted by Gasteiger charge is 2.37. The van der Waals surface area contributed by atoms with E-state index in [1.165, 1.54) is 6.07 Å². The van der Waals surface area contributed by atoms with Crippen molar-refractivity contribution in [2.45, 2.75) is 26.4 Å². The monoisotopic (exact) mass is 586 g/mol. The Bertz CT molecular complexity index is 1430. The molecule has 3 rings (SSSR count). The van der Waals surface area contributed by atoms with Gasteiger partial charge in [0.1, 0.15) is 22.8 Å². The van der Waals surface area contributed by atoms with E-state index in [9.17, 15) is 35.9 Å². The van der Waals surface area contributed by atoms with E-state index in [4.69, 9.17) is 15.2 Å². The van der Waals surface area contributed by atoms with Gasteiger partial charge in [0, 0.05) is 24.5 Å². The van der Waals surface area contributed by atoms with E-state index >= 15 is 0 Å². The molecule has 41 heavy (non-hydrogen) atoms. The van der Waals surface area contributed by atoms with Crippen molar-refractivity contribution >= 4 is 23.2 Å². The fourth-order valence-corrected chi connectivity index (χ4v) is 3.50. The van der Waals surface area contributed by atoms with Gasteiger partial charge >= 0.3 is 12.5 Å². The quantitative estimate of drug-likeness (QED) is 0.241. The number of primary amides is 1.